The number of benzene rings is 2. The van der Waals surface area contributed by atoms with Crippen LogP contribution >= 0.6 is 0 Å². The molecular formula is C17H15FN4O3. The van der Waals surface area contributed by atoms with Crippen LogP contribution in [-0.2, 0) is 6.54 Å². The molecule has 0 aliphatic heterocycles. The number of halogens is 1. The first kappa shape index (κ1) is 16.6. The molecule has 0 amide bonds. The third-order valence-corrected chi connectivity index (χ3v) is 3.71. The van der Waals surface area contributed by atoms with Gasteiger partial charge in [-0.25, -0.2) is 14.4 Å². The number of nitrogens with zero attached hydrogens (tertiary/aromatic N) is 3. The molecule has 0 radical (unpaired) electrons. The molecule has 0 saturated carbocycles. The Bertz CT molecular complexity index is 962. The molecule has 1 heterocycles. The number of methoxy groups -OCH3 is 1. The summed E-state index contributed by atoms with van der Waals surface area (Å²) in [7, 11) is 1.47. The lowest BCUT2D eigenvalue weighted by atomic mass is 10.2. The number of aryl methyl sites for hydroxylation is 1. The minimum atomic E-state index is -0.480. The number of nitro groups is 1. The van der Waals surface area contributed by atoms with Crippen molar-refractivity contribution in [2.75, 3.05) is 12.4 Å². The van der Waals surface area contributed by atoms with Gasteiger partial charge in [0.1, 0.15) is 23.2 Å². The number of rotatable bonds is 5. The van der Waals surface area contributed by atoms with Crippen molar-refractivity contribution in [2.24, 2.45) is 0 Å². The highest BCUT2D eigenvalue weighted by Gasteiger charge is 2.12. The summed E-state index contributed by atoms with van der Waals surface area (Å²) in [5.41, 5.74) is 0.949. The number of fused-ring (bicyclic) bond motifs is 1. The smallest absolute Gasteiger partial charge is 0.270 e. The molecule has 1 N–H and O–H groups in total. The van der Waals surface area contributed by atoms with E-state index >= 15 is 0 Å². The van der Waals surface area contributed by atoms with Crippen LogP contribution in [0.3, 0.4) is 0 Å². The highest BCUT2D eigenvalue weighted by Crippen LogP contribution is 2.26. The molecule has 7 nitrogen and oxygen atoms in total. The lowest BCUT2D eigenvalue weighted by Gasteiger charge is -2.11. The van der Waals surface area contributed by atoms with Crippen LogP contribution in [0.5, 0.6) is 5.75 Å². The van der Waals surface area contributed by atoms with Crippen molar-refractivity contribution in [1.29, 1.82) is 0 Å². The first-order valence-electron chi connectivity index (χ1n) is 7.47. The Morgan fingerprint density at radius 2 is 2.04 bits per heavy atom. The molecule has 25 heavy (non-hydrogen) atoms. The van der Waals surface area contributed by atoms with Crippen molar-refractivity contribution in [3.8, 4) is 5.75 Å². The Morgan fingerprint density at radius 1 is 1.24 bits per heavy atom. The number of ether oxygens (including phenoxy) is 1. The zero-order chi connectivity index (χ0) is 18.0. The molecule has 8 heteroatoms. The normalized spacial score (nSPS) is 10.7. The van der Waals surface area contributed by atoms with Gasteiger partial charge in [0.2, 0.25) is 0 Å². The minimum absolute atomic E-state index is 0.0568. The first-order valence-corrected chi connectivity index (χ1v) is 7.47. The fraction of sp³-hybridized carbons (Fsp3) is 0.176. The van der Waals surface area contributed by atoms with Gasteiger partial charge in [-0.15, -0.1) is 0 Å². The van der Waals surface area contributed by atoms with Crippen LogP contribution in [0.4, 0.5) is 15.9 Å². The van der Waals surface area contributed by atoms with E-state index in [1.165, 1.54) is 25.3 Å². The van der Waals surface area contributed by atoms with Crippen molar-refractivity contribution in [2.45, 2.75) is 13.5 Å². The van der Waals surface area contributed by atoms with Gasteiger partial charge >= 0.3 is 0 Å². The molecule has 0 aliphatic carbocycles. The second-order valence-electron chi connectivity index (χ2n) is 5.39. The molecule has 128 valence electrons. The molecule has 3 aromatic rings. The lowest BCUT2D eigenvalue weighted by Crippen LogP contribution is -2.06. The largest absolute Gasteiger partial charge is 0.497 e. The maximum atomic E-state index is 14.1. The van der Waals surface area contributed by atoms with Crippen molar-refractivity contribution >= 4 is 22.4 Å². The number of hydrogen-bond acceptors (Lipinski definition) is 6. The third-order valence-electron chi connectivity index (χ3n) is 3.71. The average Bonchev–Trinajstić information content (AvgIpc) is 2.59. The fourth-order valence-electron chi connectivity index (χ4n) is 2.46. The summed E-state index contributed by atoms with van der Waals surface area (Å²) in [6.45, 7) is 1.89. The van der Waals surface area contributed by atoms with Crippen molar-refractivity contribution in [3.63, 3.8) is 0 Å². The molecule has 0 unspecified atom stereocenters. The molecule has 0 atom stereocenters. The van der Waals surface area contributed by atoms with Crippen LogP contribution in [0.2, 0.25) is 0 Å². The van der Waals surface area contributed by atoms with Crippen LogP contribution in [0, 0.1) is 22.9 Å². The van der Waals surface area contributed by atoms with E-state index < -0.39 is 10.7 Å². The highest BCUT2D eigenvalue weighted by atomic mass is 19.1. The number of nitro benzene ring substituents is 1. The molecule has 0 aliphatic rings. The Kier molecular flexibility index (Phi) is 4.42. The van der Waals surface area contributed by atoms with Gasteiger partial charge in [-0.2, -0.15) is 0 Å². The van der Waals surface area contributed by atoms with Crippen molar-refractivity contribution in [3.05, 3.63) is 63.7 Å². The molecule has 0 spiro atoms. The van der Waals surface area contributed by atoms with Crippen molar-refractivity contribution in [1.82, 2.24) is 9.97 Å². The molecule has 0 saturated heterocycles. The lowest BCUT2D eigenvalue weighted by molar-refractivity contribution is -0.384. The topological polar surface area (TPSA) is 90.2 Å². The van der Waals surface area contributed by atoms with Gasteiger partial charge in [0, 0.05) is 35.7 Å². The summed E-state index contributed by atoms with van der Waals surface area (Å²) >= 11 is 0. The van der Waals surface area contributed by atoms with Gasteiger partial charge in [0.15, 0.2) is 0 Å². The number of nitrogens with one attached hydrogen (secondary N) is 1. The maximum Gasteiger partial charge on any atom is 0.270 e. The predicted octanol–water partition coefficient (Wildman–Crippen LogP) is 3.61. The van der Waals surface area contributed by atoms with E-state index in [0.717, 1.165) is 0 Å². The molecule has 3 rings (SSSR count). The molecular weight excluding hydrogens is 327 g/mol. The standard InChI is InChI=1S/C17H15FN4O3/c1-10-20-16-6-4-12(22(23)24)7-14(16)17(21-10)19-9-11-3-5-13(25-2)8-15(11)18/h3-8H,9H2,1-2H3,(H,19,20,21). The van der Waals surface area contributed by atoms with E-state index in [4.69, 9.17) is 4.74 Å². The van der Waals surface area contributed by atoms with Gasteiger partial charge in [-0.1, -0.05) is 6.07 Å². The molecule has 0 bridgehead atoms. The summed E-state index contributed by atoms with van der Waals surface area (Å²) in [5, 5.41) is 14.5. The van der Waals surface area contributed by atoms with Crippen LogP contribution in [0.15, 0.2) is 36.4 Å². The summed E-state index contributed by atoms with van der Waals surface area (Å²) in [6.07, 6.45) is 0. The number of aromatic nitrogens is 2. The zero-order valence-electron chi connectivity index (χ0n) is 13.6. The molecule has 0 fully saturated rings. The Hall–Kier alpha value is -3.29. The fourth-order valence-corrected chi connectivity index (χ4v) is 2.46. The maximum absolute atomic E-state index is 14.1. The van der Waals surface area contributed by atoms with Gasteiger partial charge in [-0.05, 0) is 19.1 Å². The second kappa shape index (κ2) is 6.68. The monoisotopic (exact) mass is 342 g/mol. The summed E-state index contributed by atoms with van der Waals surface area (Å²) in [6, 6.07) is 8.93. The second-order valence-corrected chi connectivity index (χ2v) is 5.39. The minimum Gasteiger partial charge on any atom is -0.497 e. The Balaban J connectivity index is 1.95. The first-order chi connectivity index (χ1) is 12.0. The van der Waals surface area contributed by atoms with E-state index in [9.17, 15) is 14.5 Å². The summed E-state index contributed by atoms with van der Waals surface area (Å²) in [5.74, 6) is 0.952. The van der Waals surface area contributed by atoms with Crippen molar-refractivity contribution < 1.29 is 14.1 Å². The van der Waals surface area contributed by atoms with E-state index in [1.54, 1.807) is 25.1 Å². The highest BCUT2D eigenvalue weighted by molar-refractivity contribution is 5.90. The van der Waals surface area contributed by atoms with Gasteiger partial charge < -0.3 is 10.1 Å². The average molecular weight is 342 g/mol. The third kappa shape index (κ3) is 3.47. The van der Waals surface area contributed by atoms with Gasteiger partial charge in [0.05, 0.1) is 17.5 Å². The Morgan fingerprint density at radius 3 is 2.72 bits per heavy atom. The van der Waals surface area contributed by atoms with Crippen LogP contribution in [0.1, 0.15) is 11.4 Å². The van der Waals surface area contributed by atoms with Gasteiger partial charge in [0.25, 0.3) is 5.69 Å². The van der Waals surface area contributed by atoms with E-state index in [1.807, 2.05) is 0 Å². The number of non-ortho nitro benzene ring substituents is 1. The van der Waals surface area contributed by atoms with E-state index in [0.29, 0.717) is 33.9 Å². The summed E-state index contributed by atoms with van der Waals surface area (Å²) in [4.78, 5) is 19.1. The van der Waals surface area contributed by atoms with Crippen LogP contribution in [-0.4, -0.2) is 22.0 Å². The zero-order valence-corrected chi connectivity index (χ0v) is 13.6. The van der Waals surface area contributed by atoms with E-state index in [2.05, 4.69) is 15.3 Å². The number of hydrogen-bond donors (Lipinski definition) is 1. The number of anilines is 1. The molecule has 2 aromatic carbocycles. The van der Waals surface area contributed by atoms with Crippen LogP contribution in [0.25, 0.3) is 10.9 Å². The predicted molar refractivity (Wildman–Crippen MR) is 91.2 cm³/mol. The van der Waals surface area contributed by atoms with Gasteiger partial charge in [-0.3, -0.25) is 10.1 Å². The quantitative estimate of drug-likeness (QED) is 0.563. The van der Waals surface area contributed by atoms with Crippen LogP contribution < -0.4 is 10.1 Å². The summed E-state index contributed by atoms with van der Waals surface area (Å²) < 4.78 is 19.0. The Labute approximate surface area is 142 Å². The molecule has 1 aromatic heterocycles. The van der Waals surface area contributed by atoms with E-state index in [-0.39, 0.29) is 12.2 Å². The SMILES string of the molecule is COc1ccc(CNc2nc(C)nc3ccc([N+](=O)[O-])cc23)c(F)c1.